The van der Waals surface area contributed by atoms with E-state index in [-0.39, 0.29) is 6.10 Å². The van der Waals surface area contributed by atoms with Gasteiger partial charge in [-0.1, -0.05) is 6.92 Å². The van der Waals surface area contributed by atoms with E-state index >= 15 is 0 Å². The van der Waals surface area contributed by atoms with E-state index in [0.717, 1.165) is 30.1 Å². The Morgan fingerprint density at radius 3 is 2.50 bits per heavy atom. The molecule has 108 valence electrons. The van der Waals surface area contributed by atoms with E-state index in [1.165, 1.54) is 0 Å². The molecule has 0 amide bonds. The lowest BCUT2D eigenvalue weighted by Gasteiger charge is -2.16. The summed E-state index contributed by atoms with van der Waals surface area (Å²) < 4.78 is 13.2. The summed E-state index contributed by atoms with van der Waals surface area (Å²) >= 11 is 0. The number of hydrogen-bond donors (Lipinski definition) is 1. The van der Waals surface area contributed by atoms with Gasteiger partial charge in [-0.2, -0.15) is 5.10 Å². The van der Waals surface area contributed by atoms with Crippen LogP contribution in [-0.4, -0.2) is 22.9 Å². The van der Waals surface area contributed by atoms with Crippen LogP contribution >= 0.6 is 0 Å². The highest BCUT2D eigenvalue weighted by Gasteiger charge is 2.13. The third kappa shape index (κ3) is 3.74. The maximum absolute atomic E-state index is 5.89. The number of aryl methyl sites for hydroxylation is 1. The van der Waals surface area contributed by atoms with E-state index in [9.17, 15) is 0 Å². The van der Waals surface area contributed by atoms with Crippen molar-refractivity contribution in [1.29, 1.82) is 0 Å². The van der Waals surface area contributed by atoms with Crippen LogP contribution in [0.1, 0.15) is 25.0 Å². The maximum atomic E-state index is 5.89. The normalized spacial score (nSPS) is 12.2. The van der Waals surface area contributed by atoms with Gasteiger partial charge in [0.05, 0.1) is 12.8 Å². The van der Waals surface area contributed by atoms with Crippen molar-refractivity contribution in [2.45, 2.75) is 19.4 Å². The zero-order valence-corrected chi connectivity index (χ0v) is 12.0. The minimum Gasteiger partial charge on any atom is -0.494 e. The fourth-order valence-electron chi connectivity index (χ4n) is 1.86. The zero-order valence-electron chi connectivity index (χ0n) is 12.0. The van der Waals surface area contributed by atoms with E-state index in [2.05, 4.69) is 12.0 Å². The van der Waals surface area contributed by atoms with Crippen LogP contribution in [0.5, 0.6) is 11.5 Å². The third-order valence-corrected chi connectivity index (χ3v) is 2.89. The number of rotatable bonds is 7. The molecular weight excluding hydrogens is 254 g/mol. The standard InChI is InChI=1S/C15H21N3O2/c1-3-8-19-13-4-6-14(7-5-13)20-15(9-16)12-10-17-18(2)11-12/h4-7,10-11,15H,3,8-9,16H2,1-2H3. The predicted octanol–water partition coefficient (Wildman–Crippen LogP) is 2.29. The highest BCUT2D eigenvalue weighted by molar-refractivity contribution is 5.31. The molecule has 5 nitrogen and oxygen atoms in total. The molecule has 1 atom stereocenters. The Morgan fingerprint density at radius 2 is 1.95 bits per heavy atom. The number of nitrogens with zero attached hydrogens (tertiary/aromatic N) is 2. The van der Waals surface area contributed by atoms with Crippen LogP contribution in [0.25, 0.3) is 0 Å². The molecule has 0 saturated heterocycles. The summed E-state index contributed by atoms with van der Waals surface area (Å²) in [7, 11) is 1.87. The molecule has 0 aliphatic heterocycles. The Morgan fingerprint density at radius 1 is 1.25 bits per heavy atom. The van der Waals surface area contributed by atoms with E-state index in [1.807, 2.05) is 37.5 Å². The Labute approximate surface area is 119 Å². The maximum Gasteiger partial charge on any atom is 0.139 e. The van der Waals surface area contributed by atoms with E-state index in [0.29, 0.717) is 6.54 Å². The van der Waals surface area contributed by atoms with Crippen molar-refractivity contribution in [2.75, 3.05) is 13.2 Å². The van der Waals surface area contributed by atoms with Crippen molar-refractivity contribution >= 4 is 0 Å². The van der Waals surface area contributed by atoms with Gasteiger partial charge in [-0.05, 0) is 30.7 Å². The summed E-state index contributed by atoms with van der Waals surface area (Å²) in [5.41, 5.74) is 6.74. The van der Waals surface area contributed by atoms with Crippen molar-refractivity contribution < 1.29 is 9.47 Å². The van der Waals surface area contributed by atoms with Gasteiger partial charge in [0.25, 0.3) is 0 Å². The van der Waals surface area contributed by atoms with Gasteiger partial charge in [-0.3, -0.25) is 4.68 Å². The molecule has 1 heterocycles. The summed E-state index contributed by atoms with van der Waals surface area (Å²) in [4.78, 5) is 0. The van der Waals surface area contributed by atoms with Gasteiger partial charge in [0.2, 0.25) is 0 Å². The van der Waals surface area contributed by atoms with Crippen LogP contribution in [0.2, 0.25) is 0 Å². The lowest BCUT2D eigenvalue weighted by molar-refractivity contribution is 0.213. The summed E-state index contributed by atoms with van der Waals surface area (Å²) in [6.45, 7) is 3.21. The average molecular weight is 275 g/mol. The van der Waals surface area contributed by atoms with Gasteiger partial charge >= 0.3 is 0 Å². The van der Waals surface area contributed by atoms with Crippen molar-refractivity contribution in [3.63, 3.8) is 0 Å². The fraction of sp³-hybridized carbons (Fsp3) is 0.400. The molecule has 5 heteroatoms. The topological polar surface area (TPSA) is 62.3 Å². The second-order valence-electron chi connectivity index (χ2n) is 4.61. The van der Waals surface area contributed by atoms with Crippen molar-refractivity contribution in [3.05, 3.63) is 42.2 Å². The molecule has 1 aromatic heterocycles. The van der Waals surface area contributed by atoms with Gasteiger partial charge in [0, 0.05) is 25.4 Å². The molecule has 0 bridgehead atoms. The van der Waals surface area contributed by atoms with Crippen LogP contribution in [0.3, 0.4) is 0 Å². The highest BCUT2D eigenvalue weighted by Crippen LogP contribution is 2.23. The second kappa shape index (κ2) is 6.96. The Hall–Kier alpha value is -2.01. The minimum atomic E-state index is -0.189. The monoisotopic (exact) mass is 275 g/mol. The third-order valence-electron chi connectivity index (χ3n) is 2.89. The lowest BCUT2D eigenvalue weighted by Crippen LogP contribution is -2.18. The van der Waals surface area contributed by atoms with Crippen LogP contribution in [0, 0.1) is 0 Å². The predicted molar refractivity (Wildman–Crippen MR) is 77.9 cm³/mol. The molecule has 0 aliphatic carbocycles. The Balaban J connectivity index is 2.00. The largest absolute Gasteiger partial charge is 0.494 e. The van der Waals surface area contributed by atoms with Crippen LogP contribution in [0.4, 0.5) is 0 Å². The average Bonchev–Trinajstić information content (AvgIpc) is 2.90. The first-order chi connectivity index (χ1) is 9.72. The number of hydrogen-bond acceptors (Lipinski definition) is 4. The number of benzene rings is 1. The first kappa shape index (κ1) is 14.4. The van der Waals surface area contributed by atoms with Gasteiger partial charge in [-0.15, -0.1) is 0 Å². The summed E-state index contributed by atoms with van der Waals surface area (Å²) in [6, 6.07) is 7.59. The number of ether oxygens (including phenoxy) is 2. The van der Waals surface area contributed by atoms with Crippen LogP contribution in [0.15, 0.2) is 36.7 Å². The van der Waals surface area contributed by atoms with E-state index in [1.54, 1.807) is 10.9 Å². The van der Waals surface area contributed by atoms with E-state index in [4.69, 9.17) is 15.2 Å². The highest BCUT2D eigenvalue weighted by atomic mass is 16.5. The van der Waals surface area contributed by atoms with Crippen molar-refractivity contribution in [2.24, 2.45) is 12.8 Å². The summed E-state index contributed by atoms with van der Waals surface area (Å²) in [5, 5.41) is 4.14. The Bertz CT molecular complexity index is 522. The molecule has 0 radical (unpaired) electrons. The minimum absolute atomic E-state index is 0.189. The molecule has 0 spiro atoms. The van der Waals surface area contributed by atoms with Gasteiger partial charge in [-0.25, -0.2) is 0 Å². The lowest BCUT2D eigenvalue weighted by atomic mass is 10.2. The first-order valence-corrected chi connectivity index (χ1v) is 6.81. The molecule has 1 unspecified atom stereocenters. The SMILES string of the molecule is CCCOc1ccc(OC(CN)c2cnn(C)c2)cc1. The fourth-order valence-corrected chi connectivity index (χ4v) is 1.86. The van der Waals surface area contributed by atoms with E-state index < -0.39 is 0 Å². The van der Waals surface area contributed by atoms with Crippen molar-refractivity contribution in [1.82, 2.24) is 9.78 Å². The molecule has 0 aliphatic rings. The number of nitrogens with two attached hydrogens (primary N) is 1. The molecule has 2 aromatic rings. The Kier molecular flexibility index (Phi) is 5.01. The number of aromatic nitrogens is 2. The summed E-state index contributed by atoms with van der Waals surface area (Å²) in [5.74, 6) is 1.62. The van der Waals surface area contributed by atoms with Gasteiger partial charge in [0.15, 0.2) is 0 Å². The first-order valence-electron chi connectivity index (χ1n) is 6.81. The molecule has 2 N–H and O–H groups in total. The smallest absolute Gasteiger partial charge is 0.139 e. The zero-order chi connectivity index (χ0) is 14.4. The molecule has 1 aromatic carbocycles. The molecule has 2 rings (SSSR count). The second-order valence-corrected chi connectivity index (χ2v) is 4.61. The molecule has 0 fully saturated rings. The quantitative estimate of drug-likeness (QED) is 0.842. The summed E-state index contributed by atoms with van der Waals surface area (Å²) in [6.07, 6.45) is 4.49. The molecule has 0 saturated carbocycles. The molecule has 20 heavy (non-hydrogen) atoms. The van der Waals surface area contributed by atoms with Gasteiger partial charge < -0.3 is 15.2 Å². The van der Waals surface area contributed by atoms with Gasteiger partial charge in [0.1, 0.15) is 17.6 Å². The van der Waals surface area contributed by atoms with Crippen LogP contribution < -0.4 is 15.2 Å². The molecular formula is C15H21N3O2. The van der Waals surface area contributed by atoms with Crippen molar-refractivity contribution in [3.8, 4) is 11.5 Å². The van der Waals surface area contributed by atoms with Crippen LogP contribution in [-0.2, 0) is 7.05 Å².